The van der Waals surface area contributed by atoms with Gasteiger partial charge in [-0.3, -0.25) is 9.69 Å². The van der Waals surface area contributed by atoms with E-state index in [1.807, 2.05) is 0 Å². The topological polar surface area (TPSA) is 106 Å². The third kappa shape index (κ3) is 3.81. The van der Waals surface area contributed by atoms with Gasteiger partial charge in [0.05, 0.1) is 5.75 Å². The van der Waals surface area contributed by atoms with Crippen LogP contribution in [0.5, 0.6) is 0 Å². The van der Waals surface area contributed by atoms with Crippen molar-refractivity contribution in [3.63, 3.8) is 0 Å². The molecule has 20 heavy (non-hydrogen) atoms. The van der Waals surface area contributed by atoms with Crippen LogP contribution in [0.25, 0.3) is 0 Å². The molecule has 2 rings (SSSR count). The zero-order valence-electron chi connectivity index (χ0n) is 10.6. The van der Waals surface area contributed by atoms with Crippen LogP contribution in [-0.2, 0) is 14.8 Å². The summed E-state index contributed by atoms with van der Waals surface area (Å²) in [7, 11) is -3.60. The van der Waals surface area contributed by atoms with Crippen LogP contribution in [-0.4, -0.2) is 42.8 Å². The lowest BCUT2D eigenvalue weighted by atomic mass is 10.1. The van der Waals surface area contributed by atoms with Gasteiger partial charge in [-0.15, -0.1) is 0 Å². The SMILES string of the molecule is CSc1nc(Cl)cc(N2CC(CS(N)(=O)=O)CC2=O)n1. The van der Waals surface area contributed by atoms with E-state index in [-0.39, 0.29) is 35.7 Å². The molecular formula is C10H13ClN4O3S2. The largest absolute Gasteiger partial charge is 0.296 e. The number of primary sulfonamides is 1. The fourth-order valence-corrected chi connectivity index (χ4v) is 3.54. The fraction of sp³-hybridized carbons (Fsp3) is 0.500. The number of hydrogen-bond donors (Lipinski definition) is 1. The normalized spacial score (nSPS) is 19.6. The van der Waals surface area contributed by atoms with Crippen molar-refractivity contribution in [2.45, 2.75) is 11.6 Å². The molecule has 1 fully saturated rings. The summed E-state index contributed by atoms with van der Waals surface area (Å²) in [5, 5.41) is 5.70. The first-order valence-electron chi connectivity index (χ1n) is 5.68. The number of rotatable bonds is 4. The summed E-state index contributed by atoms with van der Waals surface area (Å²) in [4.78, 5) is 21.6. The number of nitrogens with two attached hydrogens (primary N) is 1. The summed E-state index contributed by atoms with van der Waals surface area (Å²) in [6.45, 7) is 0.260. The van der Waals surface area contributed by atoms with Crippen molar-refractivity contribution in [3.05, 3.63) is 11.2 Å². The number of anilines is 1. The van der Waals surface area contributed by atoms with E-state index >= 15 is 0 Å². The summed E-state index contributed by atoms with van der Waals surface area (Å²) < 4.78 is 22.2. The lowest BCUT2D eigenvalue weighted by molar-refractivity contribution is -0.117. The maximum absolute atomic E-state index is 12.0. The fourth-order valence-electron chi connectivity index (χ4n) is 2.06. The summed E-state index contributed by atoms with van der Waals surface area (Å²) in [6, 6.07) is 1.48. The molecule has 110 valence electrons. The van der Waals surface area contributed by atoms with Gasteiger partial charge in [0, 0.05) is 24.9 Å². The van der Waals surface area contributed by atoms with Gasteiger partial charge < -0.3 is 0 Å². The smallest absolute Gasteiger partial charge is 0.228 e. The molecular weight excluding hydrogens is 324 g/mol. The van der Waals surface area contributed by atoms with Gasteiger partial charge in [-0.1, -0.05) is 23.4 Å². The molecule has 1 aromatic rings. The third-order valence-electron chi connectivity index (χ3n) is 2.79. The molecule has 1 atom stereocenters. The number of carbonyl (C=O) groups excluding carboxylic acids is 1. The van der Waals surface area contributed by atoms with Gasteiger partial charge in [-0.2, -0.15) is 0 Å². The maximum Gasteiger partial charge on any atom is 0.228 e. The number of nitrogens with zero attached hydrogens (tertiary/aromatic N) is 3. The number of hydrogen-bond acceptors (Lipinski definition) is 6. The van der Waals surface area contributed by atoms with Crippen LogP contribution in [0.3, 0.4) is 0 Å². The molecule has 0 spiro atoms. The number of halogens is 1. The van der Waals surface area contributed by atoms with Crippen LogP contribution >= 0.6 is 23.4 Å². The Labute approximate surface area is 126 Å². The number of amides is 1. The first-order chi connectivity index (χ1) is 9.28. The minimum absolute atomic E-state index is 0.132. The van der Waals surface area contributed by atoms with Gasteiger partial charge in [-0.25, -0.2) is 23.5 Å². The molecule has 1 amide bonds. The standard InChI is InChI=1S/C10H13ClN4O3S2/c1-19-10-13-7(11)3-8(14-10)15-4-6(2-9(15)16)5-20(12,17)18/h3,6H,2,4-5H2,1H3,(H2,12,17,18). The molecule has 2 N–H and O–H groups in total. The van der Waals surface area contributed by atoms with Crippen LogP contribution < -0.4 is 10.0 Å². The van der Waals surface area contributed by atoms with E-state index in [0.717, 1.165) is 0 Å². The maximum atomic E-state index is 12.0. The van der Waals surface area contributed by atoms with E-state index in [2.05, 4.69) is 9.97 Å². The van der Waals surface area contributed by atoms with Gasteiger partial charge in [0.1, 0.15) is 11.0 Å². The summed E-state index contributed by atoms with van der Waals surface area (Å²) in [6.07, 6.45) is 1.93. The molecule has 1 unspecified atom stereocenters. The van der Waals surface area contributed by atoms with Crippen molar-refractivity contribution in [1.29, 1.82) is 0 Å². The van der Waals surface area contributed by atoms with Gasteiger partial charge in [-0.05, 0) is 6.26 Å². The lowest BCUT2D eigenvalue weighted by Crippen LogP contribution is -2.28. The van der Waals surface area contributed by atoms with E-state index in [9.17, 15) is 13.2 Å². The quantitative estimate of drug-likeness (QED) is 0.487. The molecule has 2 heterocycles. The number of carbonyl (C=O) groups is 1. The first kappa shape index (κ1) is 15.5. The highest BCUT2D eigenvalue weighted by Gasteiger charge is 2.33. The highest BCUT2D eigenvalue weighted by Crippen LogP contribution is 2.27. The Bertz CT molecular complexity index is 637. The van der Waals surface area contributed by atoms with Crippen molar-refractivity contribution in [2.24, 2.45) is 11.1 Å². The predicted molar refractivity (Wildman–Crippen MR) is 77.3 cm³/mol. The van der Waals surface area contributed by atoms with Crippen molar-refractivity contribution in [2.75, 3.05) is 23.5 Å². The Hall–Kier alpha value is -0.900. The van der Waals surface area contributed by atoms with Gasteiger partial charge >= 0.3 is 0 Å². The van der Waals surface area contributed by atoms with Gasteiger partial charge in [0.25, 0.3) is 0 Å². The molecule has 0 aliphatic carbocycles. The molecule has 1 aliphatic heterocycles. The number of aromatic nitrogens is 2. The summed E-state index contributed by atoms with van der Waals surface area (Å²) in [5.41, 5.74) is 0. The molecule has 0 bridgehead atoms. The van der Waals surface area contributed by atoms with Crippen molar-refractivity contribution < 1.29 is 13.2 Å². The average molecular weight is 337 g/mol. The average Bonchev–Trinajstić information content (AvgIpc) is 2.66. The van der Waals surface area contributed by atoms with E-state index in [1.165, 1.54) is 22.7 Å². The van der Waals surface area contributed by atoms with E-state index in [4.69, 9.17) is 16.7 Å². The van der Waals surface area contributed by atoms with Crippen LogP contribution in [0.4, 0.5) is 5.82 Å². The molecule has 1 aromatic heterocycles. The Morgan fingerprint density at radius 2 is 2.25 bits per heavy atom. The minimum atomic E-state index is -3.60. The van der Waals surface area contributed by atoms with Gasteiger partial charge in [0.2, 0.25) is 15.9 Å². The predicted octanol–water partition coefficient (Wildman–Crippen LogP) is 0.493. The molecule has 10 heteroatoms. The highest BCUT2D eigenvalue weighted by molar-refractivity contribution is 7.98. The Balaban J connectivity index is 2.21. The van der Waals surface area contributed by atoms with E-state index in [1.54, 1.807) is 6.26 Å². The van der Waals surface area contributed by atoms with Gasteiger partial charge in [0.15, 0.2) is 5.16 Å². The number of sulfonamides is 1. The second-order valence-electron chi connectivity index (χ2n) is 4.44. The zero-order chi connectivity index (χ0) is 14.9. The van der Waals surface area contributed by atoms with Crippen LogP contribution in [0, 0.1) is 5.92 Å². The van der Waals surface area contributed by atoms with Crippen LogP contribution in [0.15, 0.2) is 11.2 Å². The summed E-state index contributed by atoms with van der Waals surface area (Å²) >= 11 is 7.19. The molecule has 7 nitrogen and oxygen atoms in total. The van der Waals surface area contributed by atoms with Crippen LogP contribution in [0.1, 0.15) is 6.42 Å². The Morgan fingerprint density at radius 1 is 1.55 bits per heavy atom. The second-order valence-corrected chi connectivity index (χ2v) is 7.26. The first-order valence-corrected chi connectivity index (χ1v) is 8.99. The molecule has 0 saturated carbocycles. The van der Waals surface area contributed by atoms with Crippen molar-refractivity contribution in [1.82, 2.24) is 9.97 Å². The van der Waals surface area contributed by atoms with E-state index in [0.29, 0.717) is 11.0 Å². The summed E-state index contributed by atoms with van der Waals surface area (Å²) in [5.74, 6) is -0.357. The molecule has 1 aliphatic rings. The Morgan fingerprint density at radius 3 is 2.85 bits per heavy atom. The van der Waals surface area contributed by atoms with Crippen molar-refractivity contribution >= 4 is 45.1 Å². The third-order valence-corrected chi connectivity index (χ3v) is 4.47. The molecule has 1 saturated heterocycles. The second kappa shape index (κ2) is 5.84. The Kier molecular flexibility index (Phi) is 4.52. The lowest BCUT2D eigenvalue weighted by Gasteiger charge is -2.16. The minimum Gasteiger partial charge on any atom is -0.296 e. The van der Waals surface area contributed by atoms with E-state index < -0.39 is 10.0 Å². The molecule has 0 aromatic carbocycles. The zero-order valence-corrected chi connectivity index (χ0v) is 13.0. The molecule has 0 radical (unpaired) electrons. The number of thioether (sulfide) groups is 1. The van der Waals surface area contributed by atoms with Crippen molar-refractivity contribution in [3.8, 4) is 0 Å². The van der Waals surface area contributed by atoms with Crippen LogP contribution in [0.2, 0.25) is 5.15 Å². The monoisotopic (exact) mass is 336 g/mol. The highest BCUT2D eigenvalue weighted by atomic mass is 35.5.